The molecular formula is C20H31N3O. The molecule has 24 heavy (non-hydrogen) atoms. The predicted molar refractivity (Wildman–Crippen MR) is 95.7 cm³/mol. The molecule has 3 fully saturated rings. The van der Waals surface area contributed by atoms with E-state index in [2.05, 4.69) is 27.8 Å². The van der Waals surface area contributed by atoms with E-state index in [9.17, 15) is 0 Å². The highest BCUT2D eigenvalue weighted by molar-refractivity contribution is 5.07. The lowest BCUT2D eigenvalue weighted by Gasteiger charge is -2.30. The second-order valence-electron chi connectivity index (χ2n) is 8.19. The molecule has 3 heterocycles. The Morgan fingerprint density at radius 2 is 2.17 bits per heavy atom. The van der Waals surface area contributed by atoms with Gasteiger partial charge in [0.15, 0.2) is 0 Å². The molecule has 0 aromatic carbocycles. The first-order valence-electron chi connectivity index (χ1n) is 9.69. The van der Waals surface area contributed by atoms with Gasteiger partial charge in [-0.3, -0.25) is 4.98 Å². The van der Waals surface area contributed by atoms with Crippen LogP contribution in [0.1, 0.15) is 31.7 Å². The van der Waals surface area contributed by atoms with Crippen LogP contribution in [0.15, 0.2) is 24.5 Å². The van der Waals surface area contributed by atoms with E-state index in [1.165, 1.54) is 64.1 Å². The van der Waals surface area contributed by atoms with Crippen molar-refractivity contribution in [3.05, 3.63) is 30.1 Å². The summed E-state index contributed by atoms with van der Waals surface area (Å²) in [7, 11) is 0. The van der Waals surface area contributed by atoms with E-state index in [-0.39, 0.29) is 0 Å². The molecule has 1 aromatic heterocycles. The molecule has 0 N–H and O–H groups in total. The lowest BCUT2D eigenvalue weighted by atomic mass is 9.77. The molecule has 1 aromatic rings. The van der Waals surface area contributed by atoms with Gasteiger partial charge in [-0.05, 0) is 49.9 Å². The maximum Gasteiger partial charge on any atom is 0.0731 e. The lowest BCUT2D eigenvalue weighted by molar-refractivity contribution is 0.0516. The summed E-state index contributed by atoms with van der Waals surface area (Å²) in [5, 5.41) is 0. The summed E-state index contributed by atoms with van der Waals surface area (Å²) >= 11 is 0. The van der Waals surface area contributed by atoms with Crippen LogP contribution in [0.25, 0.3) is 0 Å². The molecule has 2 aliphatic heterocycles. The first-order chi connectivity index (χ1) is 11.8. The van der Waals surface area contributed by atoms with Gasteiger partial charge < -0.3 is 14.5 Å². The minimum Gasteiger partial charge on any atom is -0.376 e. The number of hydrogen-bond acceptors (Lipinski definition) is 4. The molecule has 132 valence electrons. The van der Waals surface area contributed by atoms with Crippen LogP contribution in [0.2, 0.25) is 0 Å². The zero-order chi connectivity index (χ0) is 16.4. The summed E-state index contributed by atoms with van der Waals surface area (Å²) in [5.41, 5.74) is 1.65. The molecule has 3 aliphatic rings. The van der Waals surface area contributed by atoms with Crippen LogP contribution in [-0.4, -0.2) is 60.7 Å². The first kappa shape index (κ1) is 16.5. The zero-order valence-electron chi connectivity index (χ0n) is 15.0. The highest BCUT2D eigenvalue weighted by Gasteiger charge is 2.50. The normalized spacial score (nSPS) is 31.3. The Bertz CT molecular complexity index is 533. The number of hydrogen-bond donors (Lipinski definition) is 0. The molecule has 1 spiro atoms. The van der Waals surface area contributed by atoms with Crippen molar-refractivity contribution in [2.75, 3.05) is 45.9 Å². The van der Waals surface area contributed by atoms with E-state index in [4.69, 9.17) is 4.74 Å². The van der Waals surface area contributed by atoms with Crippen LogP contribution < -0.4 is 0 Å². The average Bonchev–Trinajstić information content (AvgIpc) is 3.23. The Hall–Kier alpha value is -0.970. The smallest absolute Gasteiger partial charge is 0.0731 e. The topological polar surface area (TPSA) is 28.6 Å². The minimum absolute atomic E-state index is 0.472. The van der Waals surface area contributed by atoms with E-state index in [0.717, 1.165) is 12.5 Å². The van der Waals surface area contributed by atoms with Crippen molar-refractivity contribution in [1.29, 1.82) is 0 Å². The van der Waals surface area contributed by atoms with Crippen LogP contribution in [-0.2, 0) is 11.3 Å². The number of nitrogens with zero attached hydrogens (tertiary/aromatic N) is 3. The largest absolute Gasteiger partial charge is 0.376 e. The lowest BCUT2D eigenvalue weighted by Crippen LogP contribution is -2.36. The monoisotopic (exact) mass is 329 g/mol. The molecule has 1 saturated carbocycles. The van der Waals surface area contributed by atoms with E-state index >= 15 is 0 Å². The molecule has 0 amide bonds. The van der Waals surface area contributed by atoms with Crippen molar-refractivity contribution in [2.45, 2.75) is 32.8 Å². The van der Waals surface area contributed by atoms with Crippen LogP contribution >= 0.6 is 0 Å². The van der Waals surface area contributed by atoms with Gasteiger partial charge in [0.1, 0.15) is 0 Å². The maximum absolute atomic E-state index is 6.13. The Balaban J connectivity index is 1.34. The molecular weight excluding hydrogens is 298 g/mol. The number of ether oxygens (including phenoxy) is 1. The quantitative estimate of drug-likeness (QED) is 0.769. The summed E-state index contributed by atoms with van der Waals surface area (Å²) < 4.78 is 6.13. The fraction of sp³-hybridized carbons (Fsp3) is 0.750. The van der Waals surface area contributed by atoms with Gasteiger partial charge in [-0.1, -0.05) is 13.0 Å². The summed E-state index contributed by atoms with van der Waals surface area (Å²) in [5.74, 6) is 1.68. The third kappa shape index (κ3) is 3.66. The van der Waals surface area contributed by atoms with Gasteiger partial charge in [-0.25, -0.2) is 0 Å². The van der Waals surface area contributed by atoms with Gasteiger partial charge in [0.05, 0.1) is 13.2 Å². The molecule has 4 heteroatoms. The third-order valence-electron chi connectivity index (χ3n) is 6.32. The van der Waals surface area contributed by atoms with E-state index in [1.54, 1.807) is 0 Å². The second kappa shape index (κ2) is 7.11. The standard InChI is InChI=1S/C20H31N3O/c1-2-22-12-19(14-24-13-18-4-3-8-21-10-18)20(15-22)7-9-23(16-20)11-17-5-6-17/h3-4,8,10,17,19H,2,5-7,9,11-16H2,1H3/t19-,20+/m0/s1. The van der Waals surface area contributed by atoms with Gasteiger partial charge in [0, 0.05) is 49.9 Å². The van der Waals surface area contributed by atoms with Crippen LogP contribution in [0, 0.1) is 17.3 Å². The molecule has 0 radical (unpaired) electrons. The van der Waals surface area contributed by atoms with Crippen molar-refractivity contribution in [3.8, 4) is 0 Å². The maximum atomic E-state index is 6.13. The molecule has 4 rings (SSSR count). The summed E-state index contributed by atoms with van der Waals surface area (Å²) in [6.45, 7) is 11.5. The highest BCUT2D eigenvalue weighted by atomic mass is 16.5. The second-order valence-corrected chi connectivity index (χ2v) is 8.19. The SMILES string of the molecule is CCN1C[C@@H](COCc2cccnc2)[C@]2(CCN(CC3CC3)C2)C1. The fourth-order valence-electron chi connectivity index (χ4n) is 4.69. The third-order valence-corrected chi connectivity index (χ3v) is 6.32. The van der Waals surface area contributed by atoms with E-state index < -0.39 is 0 Å². The number of pyridine rings is 1. The minimum atomic E-state index is 0.472. The Morgan fingerprint density at radius 3 is 2.92 bits per heavy atom. The van der Waals surface area contributed by atoms with E-state index in [0.29, 0.717) is 17.9 Å². The van der Waals surface area contributed by atoms with Gasteiger partial charge in [0.25, 0.3) is 0 Å². The molecule has 4 nitrogen and oxygen atoms in total. The number of rotatable bonds is 7. The number of likely N-dealkylation sites (tertiary alicyclic amines) is 2. The molecule has 1 aliphatic carbocycles. The van der Waals surface area contributed by atoms with Crippen molar-refractivity contribution >= 4 is 0 Å². The molecule has 0 unspecified atom stereocenters. The van der Waals surface area contributed by atoms with Crippen LogP contribution in [0.3, 0.4) is 0 Å². The van der Waals surface area contributed by atoms with Gasteiger partial charge >= 0.3 is 0 Å². The molecule has 2 saturated heterocycles. The van der Waals surface area contributed by atoms with Crippen molar-refractivity contribution in [3.63, 3.8) is 0 Å². The van der Waals surface area contributed by atoms with Crippen molar-refractivity contribution in [1.82, 2.24) is 14.8 Å². The summed E-state index contributed by atoms with van der Waals surface area (Å²) in [6, 6.07) is 4.09. The van der Waals surface area contributed by atoms with Gasteiger partial charge in [0.2, 0.25) is 0 Å². The highest BCUT2D eigenvalue weighted by Crippen LogP contribution is 2.45. The van der Waals surface area contributed by atoms with Crippen LogP contribution in [0.5, 0.6) is 0 Å². The Kier molecular flexibility index (Phi) is 4.88. The first-order valence-corrected chi connectivity index (χ1v) is 9.69. The summed E-state index contributed by atoms with van der Waals surface area (Å²) in [6.07, 6.45) is 8.01. The fourth-order valence-corrected chi connectivity index (χ4v) is 4.69. The van der Waals surface area contributed by atoms with Gasteiger partial charge in [-0.2, -0.15) is 0 Å². The average molecular weight is 329 g/mol. The molecule has 2 atom stereocenters. The van der Waals surface area contributed by atoms with Gasteiger partial charge in [-0.15, -0.1) is 0 Å². The van der Waals surface area contributed by atoms with Crippen molar-refractivity contribution in [2.24, 2.45) is 17.3 Å². The zero-order valence-corrected chi connectivity index (χ0v) is 15.0. The Labute approximate surface area is 146 Å². The van der Waals surface area contributed by atoms with Crippen molar-refractivity contribution < 1.29 is 4.74 Å². The van der Waals surface area contributed by atoms with Crippen LogP contribution in [0.4, 0.5) is 0 Å². The molecule has 0 bridgehead atoms. The number of aromatic nitrogens is 1. The predicted octanol–water partition coefficient (Wildman–Crippen LogP) is 2.65. The summed E-state index contributed by atoms with van der Waals surface area (Å²) in [4.78, 5) is 9.56. The van der Waals surface area contributed by atoms with E-state index in [1.807, 2.05) is 18.5 Å². The Morgan fingerprint density at radius 1 is 1.29 bits per heavy atom.